The Kier molecular flexibility index (Phi) is 20.6. The number of nitrogens with zero attached hydrogens (tertiary/aromatic N) is 1. The predicted octanol–water partition coefficient (Wildman–Crippen LogP) is 5.17. The van der Waals surface area contributed by atoms with E-state index >= 15 is 0 Å². The lowest BCUT2D eigenvalue weighted by molar-refractivity contribution is -0.143. The number of carbonyl (C=O) groups is 6. The van der Waals surface area contributed by atoms with Crippen molar-refractivity contribution in [3.63, 3.8) is 0 Å². The Balaban J connectivity index is 0.000000372. The van der Waals surface area contributed by atoms with Gasteiger partial charge in [-0.15, -0.1) is 0 Å². The zero-order valence-electron chi connectivity index (χ0n) is 36.6. The van der Waals surface area contributed by atoms with Crippen molar-refractivity contribution in [1.29, 1.82) is 0 Å². The van der Waals surface area contributed by atoms with Gasteiger partial charge in [0.05, 0.1) is 12.5 Å². The van der Waals surface area contributed by atoms with E-state index in [4.69, 9.17) is 14.6 Å². The third-order valence-electron chi connectivity index (χ3n) is 8.97. The van der Waals surface area contributed by atoms with Crippen LogP contribution in [-0.2, 0) is 41.5 Å². The van der Waals surface area contributed by atoms with Gasteiger partial charge >= 0.3 is 18.2 Å². The van der Waals surface area contributed by atoms with Crippen molar-refractivity contribution in [3.8, 4) is 0 Å². The Bertz CT molecular complexity index is 1930. The fraction of sp³-hybridized carbons (Fsp3) is 0.571. The van der Waals surface area contributed by atoms with E-state index in [1.165, 1.54) is 4.90 Å². The SMILES string of the molecule is CC(C)(C)OC(=O)N[C@@H](CC(=O)O)Cc1cc(F)c(F)cc1F.CC[C@@H]1C(=O)NCCN1C(=O)C[C@@H](Cc1cc(F)c(F)cc1F)NC(=O)OC(C)(C)C.CC[C@H]1NCCNC1=O. The first-order chi connectivity index (χ1) is 29.2. The van der Waals surface area contributed by atoms with Crippen molar-refractivity contribution < 1.29 is 69.7 Å². The molecule has 4 atom stereocenters. The zero-order valence-corrected chi connectivity index (χ0v) is 36.6. The number of halogens is 6. The molecule has 0 radical (unpaired) electrons. The van der Waals surface area contributed by atoms with Crippen LogP contribution in [0, 0.1) is 34.9 Å². The van der Waals surface area contributed by atoms with Gasteiger partial charge in [0.15, 0.2) is 23.3 Å². The van der Waals surface area contributed by atoms with Gasteiger partial charge in [-0.1, -0.05) is 13.8 Å². The minimum atomic E-state index is -1.35. The number of benzene rings is 2. The van der Waals surface area contributed by atoms with E-state index < -0.39 is 94.7 Å². The highest BCUT2D eigenvalue weighted by Crippen LogP contribution is 2.20. The molecule has 0 spiro atoms. The Morgan fingerprint density at radius 2 is 1.13 bits per heavy atom. The number of carboxylic acids is 1. The second kappa shape index (κ2) is 24.3. The first kappa shape index (κ1) is 53.5. The molecule has 0 unspecified atom stereocenters. The number of carbonyl (C=O) groups excluding carboxylic acids is 5. The van der Waals surface area contributed by atoms with E-state index in [-0.39, 0.29) is 48.2 Å². The molecule has 2 fully saturated rings. The van der Waals surface area contributed by atoms with E-state index in [2.05, 4.69) is 26.6 Å². The molecule has 63 heavy (non-hydrogen) atoms. The molecule has 6 N–H and O–H groups in total. The molecular weight excluding hydrogens is 846 g/mol. The maximum Gasteiger partial charge on any atom is 0.407 e. The number of alkyl carbamates (subject to hydrolysis) is 2. The van der Waals surface area contributed by atoms with Gasteiger partial charge in [0.2, 0.25) is 17.7 Å². The van der Waals surface area contributed by atoms with E-state index in [0.29, 0.717) is 43.8 Å². The van der Waals surface area contributed by atoms with Crippen molar-refractivity contribution in [3.05, 3.63) is 70.3 Å². The quantitative estimate of drug-likeness (QED) is 0.122. The van der Waals surface area contributed by atoms with Crippen molar-refractivity contribution in [2.24, 2.45) is 0 Å². The third-order valence-corrected chi connectivity index (χ3v) is 8.97. The fourth-order valence-corrected chi connectivity index (χ4v) is 6.20. The summed E-state index contributed by atoms with van der Waals surface area (Å²) in [6, 6.07) is -0.485. The number of hydrogen-bond acceptors (Lipinski definition) is 9. The normalized spacial score (nSPS) is 17.3. The van der Waals surface area contributed by atoms with Gasteiger partial charge in [-0.2, -0.15) is 0 Å². The molecule has 0 aromatic heterocycles. The van der Waals surface area contributed by atoms with Crippen LogP contribution in [0.3, 0.4) is 0 Å². The van der Waals surface area contributed by atoms with Gasteiger partial charge in [0, 0.05) is 56.8 Å². The number of amides is 5. The van der Waals surface area contributed by atoms with Gasteiger partial charge < -0.3 is 46.1 Å². The molecule has 5 amide bonds. The minimum Gasteiger partial charge on any atom is -0.481 e. The molecule has 2 saturated heterocycles. The Hall–Kier alpha value is -5.60. The smallest absolute Gasteiger partial charge is 0.407 e. The van der Waals surface area contributed by atoms with Gasteiger partial charge in [-0.3, -0.25) is 19.2 Å². The number of ether oxygens (including phenoxy) is 2. The van der Waals surface area contributed by atoms with Crippen LogP contribution in [0.5, 0.6) is 0 Å². The summed E-state index contributed by atoms with van der Waals surface area (Å²) in [5.41, 5.74) is -2.06. The van der Waals surface area contributed by atoms with Crippen molar-refractivity contribution in [2.75, 3.05) is 26.2 Å². The molecule has 4 rings (SSSR count). The van der Waals surface area contributed by atoms with E-state index in [1.54, 1.807) is 48.5 Å². The summed E-state index contributed by atoms with van der Waals surface area (Å²) in [5.74, 6) is -8.99. The lowest BCUT2D eigenvalue weighted by atomic mass is 10.0. The fourth-order valence-electron chi connectivity index (χ4n) is 6.20. The van der Waals surface area contributed by atoms with E-state index in [0.717, 1.165) is 19.5 Å². The third kappa shape index (κ3) is 19.1. The maximum absolute atomic E-state index is 14.2. The van der Waals surface area contributed by atoms with Crippen molar-refractivity contribution in [2.45, 2.75) is 129 Å². The molecule has 2 heterocycles. The van der Waals surface area contributed by atoms with Crippen LogP contribution in [0.1, 0.15) is 92.2 Å². The van der Waals surface area contributed by atoms with Crippen LogP contribution in [0.4, 0.5) is 35.9 Å². The Morgan fingerprint density at radius 1 is 0.683 bits per heavy atom. The lowest BCUT2D eigenvalue weighted by Gasteiger charge is -2.35. The lowest BCUT2D eigenvalue weighted by Crippen LogP contribution is -2.57. The molecule has 15 nitrogen and oxygen atoms in total. The maximum atomic E-state index is 14.2. The standard InChI is InChI=1S/C21H28F3N3O4.C15H18F3NO4.C6H12N2O/c1-5-17-19(29)25-6-7-27(17)18(28)10-13(26-20(30)31-21(2,3)4)8-12-9-15(23)16(24)11-14(12)22;1-15(2,3)23-14(22)19-9(6-13(20)21)4-8-5-11(17)12(18)7-10(8)16;1-2-5-6(9)8-4-3-7-5/h9,11,13,17H,5-8,10H2,1-4H3,(H,25,29)(H,26,30);5,7,9H,4,6H2,1-3H3,(H,19,22)(H,20,21);5,7H,2-4H2,1H3,(H,8,9)/t13-,17-;9-;5-/m111/s1. The summed E-state index contributed by atoms with van der Waals surface area (Å²) in [6.45, 7) is 15.9. The molecule has 21 heteroatoms. The highest BCUT2D eigenvalue weighted by atomic mass is 19.2. The second-order valence-electron chi connectivity index (χ2n) is 16.6. The number of aliphatic carboxylic acids is 1. The first-order valence-electron chi connectivity index (χ1n) is 20.3. The van der Waals surface area contributed by atoms with Crippen LogP contribution >= 0.6 is 0 Å². The predicted molar refractivity (Wildman–Crippen MR) is 217 cm³/mol. The van der Waals surface area contributed by atoms with Crippen molar-refractivity contribution in [1.82, 2.24) is 31.5 Å². The average molecular weight is 905 g/mol. The molecule has 2 aliphatic heterocycles. The average Bonchev–Trinajstić information content (AvgIpc) is 3.14. The summed E-state index contributed by atoms with van der Waals surface area (Å²) < 4.78 is 91.0. The highest BCUT2D eigenvalue weighted by Gasteiger charge is 2.34. The number of rotatable bonds is 12. The van der Waals surface area contributed by atoms with Gasteiger partial charge in [-0.25, -0.2) is 35.9 Å². The zero-order chi connectivity index (χ0) is 47.8. The highest BCUT2D eigenvalue weighted by molar-refractivity contribution is 5.89. The van der Waals surface area contributed by atoms with Gasteiger partial charge in [0.1, 0.15) is 28.9 Å². The Labute approximate surface area is 362 Å². The molecule has 0 aliphatic carbocycles. The van der Waals surface area contributed by atoms with Crippen molar-refractivity contribution >= 4 is 35.9 Å². The number of hydrogen-bond donors (Lipinski definition) is 6. The van der Waals surface area contributed by atoms with Crippen LogP contribution in [0.2, 0.25) is 0 Å². The largest absolute Gasteiger partial charge is 0.481 e. The van der Waals surface area contributed by atoms with E-state index in [9.17, 15) is 55.1 Å². The van der Waals surface area contributed by atoms with Crippen LogP contribution in [-0.4, -0.2) is 107 Å². The molecule has 2 aliphatic rings. The summed E-state index contributed by atoms with van der Waals surface area (Å²) in [4.78, 5) is 72.0. The monoisotopic (exact) mass is 904 g/mol. The van der Waals surface area contributed by atoms with Gasteiger partial charge in [0.25, 0.3) is 0 Å². The van der Waals surface area contributed by atoms with E-state index in [1.807, 2.05) is 6.92 Å². The number of carboxylic acid groups (broad SMARTS) is 1. The summed E-state index contributed by atoms with van der Waals surface area (Å²) in [7, 11) is 0. The van der Waals surface area contributed by atoms with Gasteiger partial charge in [-0.05, 0) is 90.5 Å². The molecule has 2 aromatic carbocycles. The molecule has 0 saturated carbocycles. The molecule has 0 bridgehead atoms. The molecular formula is C42H58F6N6O9. The molecule has 352 valence electrons. The van der Waals surface area contributed by atoms with Crippen LogP contribution < -0.4 is 26.6 Å². The summed E-state index contributed by atoms with van der Waals surface area (Å²) in [6.07, 6.45) is -1.84. The van der Waals surface area contributed by atoms with Crippen LogP contribution in [0.15, 0.2) is 24.3 Å². The summed E-state index contributed by atoms with van der Waals surface area (Å²) >= 11 is 0. The number of nitrogens with one attached hydrogen (secondary N) is 5. The number of piperazine rings is 2. The minimum absolute atomic E-state index is 0.0544. The molecule has 2 aromatic rings. The Morgan fingerprint density at radius 3 is 1.52 bits per heavy atom. The second-order valence-corrected chi connectivity index (χ2v) is 16.6. The van der Waals surface area contributed by atoms with Crippen LogP contribution in [0.25, 0.3) is 0 Å². The summed E-state index contributed by atoms with van der Waals surface area (Å²) in [5, 5.41) is 22.2. The topological polar surface area (TPSA) is 204 Å². The first-order valence-corrected chi connectivity index (χ1v) is 20.3.